The van der Waals surface area contributed by atoms with Crippen LogP contribution in [0.1, 0.15) is 29.2 Å². The summed E-state index contributed by atoms with van der Waals surface area (Å²) in [6.07, 6.45) is 4.62. The van der Waals surface area contributed by atoms with Crippen LogP contribution in [-0.4, -0.2) is 15.7 Å². The summed E-state index contributed by atoms with van der Waals surface area (Å²) in [7, 11) is 1.85. The Bertz CT molecular complexity index is 845. The van der Waals surface area contributed by atoms with Gasteiger partial charge in [0.25, 0.3) is 0 Å². The van der Waals surface area contributed by atoms with E-state index in [-0.39, 0.29) is 17.8 Å². The normalized spacial score (nSPS) is 11.9. The number of nitrogens with one attached hydrogen (secondary N) is 1. The molecule has 1 N–H and O–H groups in total. The summed E-state index contributed by atoms with van der Waals surface area (Å²) >= 11 is 0. The Morgan fingerprint density at radius 2 is 1.92 bits per heavy atom. The van der Waals surface area contributed by atoms with E-state index in [2.05, 4.69) is 10.4 Å². The van der Waals surface area contributed by atoms with Gasteiger partial charge in [-0.2, -0.15) is 5.10 Å². The molecule has 3 aromatic rings. The molecule has 3 rings (SSSR count). The number of nitrogens with zero attached hydrogens (tertiary/aromatic N) is 2. The van der Waals surface area contributed by atoms with Crippen molar-refractivity contribution in [2.24, 2.45) is 7.05 Å². The van der Waals surface area contributed by atoms with E-state index < -0.39 is 0 Å². The van der Waals surface area contributed by atoms with Crippen LogP contribution in [0, 0.1) is 5.82 Å². The molecule has 1 amide bonds. The second kappa shape index (κ2) is 7.75. The fourth-order valence-corrected chi connectivity index (χ4v) is 2.78. The molecule has 0 radical (unpaired) electrons. The number of rotatable bonds is 6. The van der Waals surface area contributed by atoms with Gasteiger partial charge in [-0.3, -0.25) is 9.48 Å². The topological polar surface area (TPSA) is 46.9 Å². The first kappa shape index (κ1) is 16.9. The number of benzene rings is 2. The van der Waals surface area contributed by atoms with Gasteiger partial charge in [0.15, 0.2) is 0 Å². The standard InChI is InChI=1S/C20H20FN3O/c1-24-14-15(13-22-24)10-11-19(25)23-20(16-6-3-2-4-7-16)17-8-5-9-18(21)12-17/h2-9,12-14,20H,10-11H2,1H3,(H,23,25). The fraction of sp³-hybridized carbons (Fsp3) is 0.200. The molecule has 1 heterocycles. The number of carbonyl (C=O) groups excluding carboxylic acids is 1. The van der Waals surface area contributed by atoms with E-state index in [1.165, 1.54) is 12.1 Å². The lowest BCUT2D eigenvalue weighted by molar-refractivity contribution is -0.121. The van der Waals surface area contributed by atoms with Crippen molar-refractivity contribution in [3.05, 3.63) is 89.5 Å². The third-order valence-corrected chi connectivity index (χ3v) is 4.02. The van der Waals surface area contributed by atoms with Crippen LogP contribution >= 0.6 is 0 Å². The quantitative estimate of drug-likeness (QED) is 0.749. The van der Waals surface area contributed by atoms with Crippen molar-refractivity contribution in [1.82, 2.24) is 15.1 Å². The van der Waals surface area contributed by atoms with Crippen LogP contribution in [-0.2, 0) is 18.3 Å². The number of aryl methyl sites for hydroxylation is 2. The number of carbonyl (C=O) groups is 1. The summed E-state index contributed by atoms with van der Waals surface area (Å²) in [5.41, 5.74) is 2.66. The lowest BCUT2D eigenvalue weighted by Gasteiger charge is -2.20. The highest BCUT2D eigenvalue weighted by molar-refractivity contribution is 5.77. The monoisotopic (exact) mass is 337 g/mol. The molecule has 0 aliphatic carbocycles. The van der Waals surface area contributed by atoms with E-state index in [0.717, 1.165) is 16.7 Å². The summed E-state index contributed by atoms with van der Waals surface area (Å²) < 4.78 is 15.3. The highest BCUT2D eigenvalue weighted by atomic mass is 19.1. The maximum atomic E-state index is 13.6. The van der Waals surface area contributed by atoms with Crippen LogP contribution in [0.25, 0.3) is 0 Å². The minimum absolute atomic E-state index is 0.0815. The number of hydrogen-bond donors (Lipinski definition) is 1. The van der Waals surface area contributed by atoms with Gasteiger partial charge in [-0.1, -0.05) is 42.5 Å². The first-order valence-corrected chi connectivity index (χ1v) is 8.19. The summed E-state index contributed by atoms with van der Waals surface area (Å²) in [6.45, 7) is 0. The first-order chi connectivity index (χ1) is 12.1. The average molecular weight is 337 g/mol. The average Bonchev–Trinajstić information content (AvgIpc) is 3.04. The fourth-order valence-electron chi connectivity index (χ4n) is 2.78. The summed E-state index contributed by atoms with van der Waals surface area (Å²) in [5.74, 6) is -0.398. The number of aromatic nitrogens is 2. The van der Waals surface area contributed by atoms with E-state index >= 15 is 0 Å². The first-order valence-electron chi connectivity index (χ1n) is 8.19. The Morgan fingerprint density at radius 3 is 2.60 bits per heavy atom. The molecule has 0 bridgehead atoms. The molecule has 2 aromatic carbocycles. The van der Waals surface area contributed by atoms with Crippen LogP contribution < -0.4 is 5.32 Å². The van der Waals surface area contributed by atoms with Crippen LogP contribution in [0.5, 0.6) is 0 Å². The SMILES string of the molecule is Cn1cc(CCC(=O)NC(c2ccccc2)c2cccc(F)c2)cn1. The summed E-state index contributed by atoms with van der Waals surface area (Å²) in [4.78, 5) is 12.4. The largest absolute Gasteiger partial charge is 0.345 e. The van der Waals surface area contributed by atoms with Crippen molar-refractivity contribution in [3.63, 3.8) is 0 Å². The number of amides is 1. The van der Waals surface area contributed by atoms with Crippen molar-refractivity contribution in [2.45, 2.75) is 18.9 Å². The molecule has 0 aliphatic rings. The predicted molar refractivity (Wildman–Crippen MR) is 94.4 cm³/mol. The molecule has 1 atom stereocenters. The van der Waals surface area contributed by atoms with Crippen LogP contribution in [0.3, 0.4) is 0 Å². The van der Waals surface area contributed by atoms with Gasteiger partial charge in [0.1, 0.15) is 5.82 Å². The zero-order valence-corrected chi connectivity index (χ0v) is 14.0. The maximum absolute atomic E-state index is 13.6. The highest BCUT2D eigenvalue weighted by Crippen LogP contribution is 2.23. The molecule has 4 nitrogen and oxygen atoms in total. The van der Waals surface area contributed by atoms with Crippen molar-refractivity contribution in [3.8, 4) is 0 Å². The predicted octanol–water partition coefficient (Wildman–Crippen LogP) is 3.40. The van der Waals surface area contributed by atoms with Crippen molar-refractivity contribution < 1.29 is 9.18 Å². The zero-order valence-electron chi connectivity index (χ0n) is 14.0. The Hall–Kier alpha value is -2.95. The second-order valence-electron chi connectivity index (χ2n) is 5.99. The highest BCUT2D eigenvalue weighted by Gasteiger charge is 2.17. The van der Waals surface area contributed by atoms with Crippen molar-refractivity contribution >= 4 is 5.91 Å². The maximum Gasteiger partial charge on any atom is 0.221 e. The van der Waals surface area contributed by atoms with Gasteiger partial charge in [-0.25, -0.2) is 4.39 Å². The zero-order chi connectivity index (χ0) is 17.6. The Kier molecular flexibility index (Phi) is 5.23. The number of hydrogen-bond acceptors (Lipinski definition) is 2. The van der Waals surface area contributed by atoms with Crippen molar-refractivity contribution in [2.75, 3.05) is 0 Å². The van der Waals surface area contributed by atoms with Crippen molar-refractivity contribution in [1.29, 1.82) is 0 Å². The molecule has 1 unspecified atom stereocenters. The smallest absolute Gasteiger partial charge is 0.221 e. The van der Waals surface area contributed by atoms with Crippen LogP contribution in [0.2, 0.25) is 0 Å². The lowest BCUT2D eigenvalue weighted by atomic mass is 9.98. The van der Waals surface area contributed by atoms with E-state index in [0.29, 0.717) is 12.8 Å². The van der Waals surface area contributed by atoms with Crippen LogP contribution in [0.15, 0.2) is 67.0 Å². The molecule has 1 aromatic heterocycles. The third-order valence-electron chi connectivity index (χ3n) is 4.02. The molecule has 0 fully saturated rings. The van der Waals surface area contributed by atoms with Gasteiger partial charge in [0, 0.05) is 19.7 Å². The second-order valence-corrected chi connectivity index (χ2v) is 5.99. The van der Waals surface area contributed by atoms with Gasteiger partial charge in [-0.05, 0) is 35.2 Å². The van der Waals surface area contributed by atoms with Gasteiger partial charge < -0.3 is 5.32 Å². The molecule has 25 heavy (non-hydrogen) atoms. The molecule has 5 heteroatoms. The van der Waals surface area contributed by atoms with Gasteiger partial charge in [-0.15, -0.1) is 0 Å². The van der Waals surface area contributed by atoms with E-state index in [1.54, 1.807) is 16.9 Å². The molecule has 0 aliphatic heterocycles. The van der Waals surface area contributed by atoms with Gasteiger partial charge in [0.2, 0.25) is 5.91 Å². The summed E-state index contributed by atoms with van der Waals surface area (Å²) in [6, 6.07) is 15.5. The summed E-state index contributed by atoms with van der Waals surface area (Å²) in [5, 5.41) is 7.12. The van der Waals surface area contributed by atoms with E-state index in [1.807, 2.05) is 49.6 Å². The van der Waals surface area contributed by atoms with Crippen LogP contribution in [0.4, 0.5) is 4.39 Å². The molecular weight excluding hydrogens is 317 g/mol. The Labute approximate surface area is 146 Å². The lowest BCUT2D eigenvalue weighted by Crippen LogP contribution is -2.29. The minimum Gasteiger partial charge on any atom is -0.345 e. The molecular formula is C20H20FN3O. The molecule has 0 spiro atoms. The number of halogens is 1. The van der Waals surface area contributed by atoms with E-state index in [4.69, 9.17) is 0 Å². The van der Waals surface area contributed by atoms with Gasteiger partial charge in [0.05, 0.1) is 12.2 Å². The molecule has 0 saturated carbocycles. The Morgan fingerprint density at radius 1 is 1.16 bits per heavy atom. The minimum atomic E-state index is -0.377. The molecule has 0 saturated heterocycles. The van der Waals surface area contributed by atoms with E-state index in [9.17, 15) is 9.18 Å². The van der Waals surface area contributed by atoms with Gasteiger partial charge >= 0.3 is 0 Å². The third kappa shape index (κ3) is 4.53. The Balaban J connectivity index is 1.74. The molecule has 128 valence electrons.